The second-order valence-corrected chi connectivity index (χ2v) is 6.68. The van der Waals surface area contributed by atoms with E-state index in [0.29, 0.717) is 10.7 Å². The fraction of sp³-hybridized carbons (Fsp3) is 0.0556. The van der Waals surface area contributed by atoms with E-state index in [1.54, 1.807) is 18.5 Å². The summed E-state index contributed by atoms with van der Waals surface area (Å²) in [5, 5.41) is 15.8. The van der Waals surface area contributed by atoms with Crippen molar-refractivity contribution >= 4 is 39.1 Å². The summed E-state index contributed by atoms with van der Waals surface area (Å²) in [6, 6.07) is 11.7. The van der Waals surface area contributed by atoms with Crippen molar-refractivity contribution in [3.8, 4) is 11.3 Å². The minimum Gasteiger partial charge on any atom is -0.345 e. The van der Waals surface area contributed by atoms with Crippen LogP contribution in [0.5, 0.6) is 0 Å². The number of nitrogens with one attached hydrogen (secondary N) is 2. The molecular weight excluding hydrogens is 366 g/mol. The number of aromatic nitrogens is 3. The van der Waals surface area contributed by atoms with Crippen molar-refractivity contribution in [2.24, 2.45) is 0 Å². The largest absolute Gasteiger partial charge is 0.345 e. The fourth-order valence-corrected chi connectivity index (χ4v) is 3.38. The van der Waals surface area contributed by atoms with E-state index in [2.05, 4.69) is 20.3 Å². The number of thiazole rings is 1. The highest BCUT2D eigenvalue weighted by Crippen LogP contribution is 2.27. The number of rotatable bonds is 5. The molecule has 2 aromatic heterocycles. The molecule has 0 fully saturated rings. The minimum absolute atomic E-state index is 0.00189. The van der Waals surface area contributed by atoms with E-state index in [1.807, 2.05) is 23.6 Å². The maximum absolute atomic E-state index is 12.2. The van der Waals surface area contributed by atoms with Crippen LogP contribution in [-0.2, 0) is 11.2 Å². The monoisotopic (exact) mass is 379 g/mol. The molecular formula is C18H13N5O3S. The second kappa shape index (κ2) is 6.96. The highest BCUT2D eigenvalue weighted by molar-refractivity contribution is 7.14. The summed E-state index contributed by atoms with van der Waals surface area (Å²) < 4.78 is 0. The topological polar surface area (TPSA) is 114 Å². The Bertz CT molecular complexity index is 1130. The van der Waals surface area contributed by atoms with Gasteiger partial charge in [-0.05, 0) is 17.7 Å². The summed E-state index contributed by atoms with van der Waals surface area (Å²) >= 11 is 1.34. The van der Waals surface area contributed by atoms with E-state index < -0.39 is 4.92 Å². The molecule has 0 saturated heterocycles. The van der Waals surface area contributed by atoms with Crippen LogP contribution in [0.3, 0.4) is 0 Å². The molecule has 0 radical (unpaired) electrons. The lowest BCUT2D eigenvalue weighted by molar-refractivity contribution is -0.384. The summed E-state index contributed by atoms with van der Waals surface area (Å²) in [4.78, 5) is 34.1. The first-order chi connectivity index (χ1) is 13.1. The van der Waals surface area contributed by atoms with E-state index in [9.17, 15) is 14.9 Å². The van der Waals surface area contributed by atoms with Crippen LogP contribution in [0.4, 0.5) is 10.8 Å². The van der Waals surface area contributed by atoms with Gasteiger partial charge in [-0.25, -0.2) is 9.97 Å². The summed E-state index contributed by atoms with van der Waals surface area (Å²) in [6.07, 6.45) is 1.76. The molecule has 4 rings (SSSR count). The number of hydrogen-bond acceptors (Lipinski definition) is 6. The molecule has 0 spiro atoms. The van der Waals surface area contributed by atoms with Gasteiger partial charge < -0.3 is 10.3 Å². The summed E-state index contributed by atoms with van der Waals surface area (Å²) in [5.74, 6) is -0.228. The lowest BCUT2D eigenvalue weighted by Crippen LogP contribution is -2.14. The first kappa shape index (κ1) is 16.9. The van der Waals surface area contributed by atoms with Crippen LogP contribution in [0.1, 0.15) is 5.56 Å². The van der Waals surface area contributed by atoms with Crippen molar-refractivity contribution < 1.29 is 9.72 Å². The van der Waals surface area contributed by atoms with E-state index in [0.717, 1.165) is 22.3 Å². The van der Waals surface area contributed by atoms with Gasteiger partial charge >= 0.3 is 0 Å². The Balaban J connectivity index is 1.43. The van der Waals surface area contributed by atoms with E-state index in [-0.39, 0.29) is 18.0 Å². The number of non-ortho nitro benzene ring substituents is 1. The number of benzene rings is 2. The first-order valence-corrected chi connectivity index (χ1v) is 8.89. The van der Waals surface area contributed by atoms with Crippen molar-refractivity contribution in [3.05, 3.63) is 69.8 Å². The SMILES string of the molecule is O=C(Cc1ccc([N+](=O)[O-])cc1)Nc1nc(-c2ccc3nc[nH]c3c2)cs1. The average Bonchev–Trinajstić information content (AvgIpc) is 3.30. The zero-order valence-electron chi connectivity index (χ0n) is 13.9. The smallest absolute Gasteiger partial charge is 0.269 e. The third-order valence-corrected chi connectivity index (χ3v) is 4.74. The number of fused-ring (bicyclic) bond motifs is 1. The predicted molar refractivity (Wildman–Crippen MR) is 103 cm³/mol. The van der Waals surface area contributed by atoms with Gasteiger partial charge in [-0.15, -0.1) is 11.3 Å². The number of nitro benzene ring substituents is 1. The van der Waals surface area contributed by atoms with Crippen LogP contribution in [0.15, 0.2) is 54.2 Å². The van der Waals surface area contributed by atoms with Crippen molar-refractivity contribution in [1.82, 2.24) is 15.0 Å². The third-order valence-electron chi connectivity index (χ3n) is 3.98. The van der Waals surface area contributed by atoms with Gasteiger partial charge in [0.15, 0.2) is 5.13 Å². The Labute approximate surface area is 157 Å². The predicted octanol–water partition coefficient (Wildman–Crippen LogP) is 3.78. The third kappa shape index (κ3) is 3.67. The van der Waals surface area contributed by atoms with Gasteiger partial charge in [0.2, 0.25) is 5.91 Å². The van der Waals surface area contributed by atoms with Gasteiger partial charge in [0.25, 0.3) is 5.69 Å². The highest BCUT2D eigenvalue weighted by atomic mass is 32.1. The van der Waals surface area contributed by atoms with Crippen LogP contribution in [0, 0.1) is 10.1 Å². The molecule has 2 aromatic carbocycles. The quantitative estimate of drug-likeness (QED) is 0.405. The Morgan fingerprint density at radius 2 is 2.04 bits per heavy atom. The Morgan fingerprint density at radius 1 is 1.22 bits per heavy atom. The maximum Gasteiger partial charge on any atom is 0.269 e. The summed E-state index contributed by atoms with van der Waals surface area (Å²) in [6.45, 7) is 0. The van der Waals surface area contributed by atoms with E-state index >= 15 is 0 Å². The molecule has 0 aliphatic carbocycles. The molecule has 0 aliphatic heterocycles. The standard InChI is InChI=1S/C18H13N5O3S/c24-17(7-11-1-4-13(5-2-11)23(25)26)22-18-21-16(9-27-18)12-3-6-14-15(8-12)20-10-19-14/h1-6,8-10H,7H2,(H,19,20)(H,21,22,24). The molecule has 0 saturated carbocycles. The van der Waals surface area contributed by atoms with E-state index in [4.69, 9.17) is 0 Å². The molecule has 134 valence electrons. The molecule has 0 bridgehead atoms. The normalized spacial score (nSPS) is 10.8. The van der Waals surface area contributed by atoms with Gasteiger partial charge in [-0.2, -0.15) is 0 Å². The number of H-pyrrole nitrogens is 1. The van der Waals surface area contributed by atoms with Crippen molar-refractivity contribution in [2.75, 3.05) is 5.32 Å². The molecule has 2 heterocycles. The second-order valence-electron chi connectivity index (χ2n) is 5.82. The van der Waals surface area contributed by atoms with Gasteiger partial charge in [-0.1, -0.05) is 18.2 Å². The number of hydrogen-bond donors (Lipinski definition) is 2. The molecule has 2 N–H and O–H groups in total. The zero-order valence-corrected chi connectivity index (χ0v) is 14.7. The minimum atomic E-state index is -0.471. The van der Waals surface area contributed by atoms with Crippen molar-refractivity contribution in [2.45, 2.75) is 6.42 Å². The van der Waals surface area contributed by atoms with Crippen LogP contribution >= 0.6 is 11.3 Å². The van der Waals surface area contributed by atoms with Crippen LogP contribution in [0.25, 0.3) is 22.3 Å². The lowest BCUT2D eigenvalue weighted by atomic mass is 10.1. The number of aromatic amines is 1. The molecule has 9 heteroatoms. The van der Waals surface area contributed by atoms with Crippen molar-refractivity contribution in [1.29, 1.82) is 0 Å². The maximum atomic E-state index is 12.2. The van der Waals surface area contributed by atoms with Crippen LogP contribution in [0.2, 0.25) is 0 Å². The number of nitrogens with zero attached hydrogens (tertiary/aromatic N) is 3. The molecule has 0 aliphatic rings. The van der Waals surface area contributed by atoms with Crippen molar-refractivity contribution in [3.63, 3.8) is 0 Å². The average molecular weight is 379 g/mol. The Kier molecular flexibility index (Phi) is 4.35. The first-order valence-electron chi connectivity index (χ1n) is 8.01. The number of carbonyl (C=O) groups excluding carboxylic acids is 1. The number of amides is 1. The van der Waals surface area contributed by atoms with Crippen LogP contribution < -0.4 is 5.32 Å². The molecule has 4 aromatic rings. The zero-order chi connectivity index (χ0) is 18.8. The van der Waals surface area contributed by atoms with E-state index in [1.165, 1.54) is 23.5 Å². The summed E-state index contributed by atoms with van der Waals surface area (Å²) in [7, 11) is 0. The molecule has 27 heavy (non-hydrogen) atoms. The molecule has 0 unspecified atom stereocenters. The fourth-order valence-electron chi connectivity index (χ4n) is 2.64. The van der Waals surface area contributed by atoms with Gasteiger partial charge in [0, 0.05) is 23.1 Å². The van der Waals surface area contributed by atoms with Gasteiger partial charge in [-0.3, -0.25) is 14.9 Å². The Hall–Kier alpha value is -3.59. The number of nitro groups is 1. The summed E-state index contributed by atoms with van der Waals surface area (Å²) in [5.41, 5.74) is 4.19. The Morgan fingerprint density at radius 3 is 2.81 bits per heavy atom. The van der Waals surface area contributed by atoms with Gasteiger partial charge in [0.1, 0.15) is 0 Å². The number of imidazole rings is 1. The number of carbonyl (C=O) groups is 1. The highest BCUT2D eigenvalue weighted by Gasteiger charge is 2.11. The van der Waals surface area contributed by atoms with Gasteiger partial charge in [0.05, 0.1) is 34.4 Å². The molecule has 1 amide bonds. The molecule has 8 nitrogen and oxygen atoms in total. The number of anilines is 1. The van der Waals surface area contributed by atoms with Crippen LogP contribution in [-0.4, -0.2) is 25.8 Å². The lowest BCUT2D eigenvalue weighted by Gasteiger charge is -2.02. The molecule has 0 atom stereocenters.